The third-order valence-electron chi connectivity index (χ3n) is 4.22. The summed E-state index contributed by atoms with van der Waals surface area (Å²) in [7, 11) is 0. The van der Waals surface area contributed by atoms with Crippen LogP contribution in [0.2, 0.25) is 0 Å². The highest BCUT2D eigenvalue weighted by atomic mass is 32.1. The smallest absolute Gasteiger partial charge is 0.254 e. The van der Waals surface area contributed by atoms with Gasteiger partial charge >= 0.3 is 0 Å². The summed E-state index contributed by atoms with van der Waals surface area (Å²) in [4.78, 5) is 19.0. The van der Waals surface area contributed by atoms with Crippen LogP contribution in [-0.4, -0.2) is 22.3 Å². The van der Waals surface area contributed by atoms with E-state index in [4.69, 9.17) is 0 Å². The summed E-state index contributed by atoms with van der Waals surface area (Å²) >= 11 is 1.56. The van der Waals surface area contributed by atoms with Crippen LogP contribution in [-0.2, 0) is 0 Å². The lowest BCUT2D eigenvalue weighted by molar-refractivity contribution is 0.0734. The zero-order valence-electron chi connectivity index (χ0n) is 12.7. The van der Waals surface area contributed by atoms with Gasteiger partial charge in [0.2, 0.25) is 0 Å². The number of amides is 1. The second-order valence-corrected chi connectivity index (χ2v) is 6.90. The lowest BCUT2D eigenvalue weighted by atomic mass is 10.1. The van der Waals surface area contributed by atoms with Crippen molar-refractivity contribution in [1.82, 2.24) is 9.88 Å². The SMILES string of the molecule is O=C(c1cc(F)cc(F)c1)N1CCCC1c1nc2ccccc2s1. The van der Waals surface area contributed by atoms with Crippen molar-refractivity contribution in [2.45, 2.75) is 18.9 Å². The molecule has 0 aliphatic carbocycles. The van der Waals surface area contributed by atoms with Crippen molar-refractivity contribution in [2.24, 2.45) is 0 Å². The van der Waals surface area contributed by atoms with Crippen LogP contribution in [0.25, 0.3) is 10.2 Å². The fourth-order valence-corrected chi connectivity index (χ4v) is 4.26. The van der Waals surface area contributed by atoms with Crippen LogP contribution in [0.5, 0.6) is 0 Å². The molecule has 1 amide bonds. The number of para-hydroxylation sites is 1. The van der Waals surface area contributed by atoms with E-state index in [1.165, 1.54) is 0 Å². The molecule has 1 aliphatic rings. The molecule has 24 heavy (non-hydrogen) atoms. The van der Waals surface area contributed by atoms with Gasteiger partial charge in [0.05, 0.1) is 16.3 Å². The van der Waals surface area contributed by atoms with Crippen LogP contribution in [0.3, 0.4) is 0 Å². The molecule has 6 heteroatoms. The average Bonchev–Trinajstić information content (AvgIpc) is 3.19. The van der Waals surface area contributed by atoms with Crippen molar-refractivity contribution in [3.63, 3.8) is 0 Å². The quantitative estimate of drug-likeness (QED) is 0.683. The molecule has 2 aromatic carbocycles. The van der Waals surface area contributed by atoms with Crippen molar-refractivity contribution >= 4 is 27.5 Å². The van der Waals surface area contributed by atoms with Gasteiger partial charge in [-0.05, 0) is 37.1 Å². The first kappa shape index (κ1) is 15.2. The molecule has 0 spiro atoms. The van der Waals surface area contributed by atoms with E-state index in [-0.39, 0.29) is 17.5 Å². The summed E-state index contributed by atoms with van der Waals surface area (Å²) < 4.78 is 27.9. The molecule has 1 unspecified atom stereocenters. The lowest BCUT2D eigenvalue weighted by Gasteiger charge is -2.23. The molecule has 0 bridgehead atoms. The van der Waals surface area contributed by atoms with Gasteiger partial charge in [-0.1, -0.05) is 12.1 Å². The van der Waals surface area contributed by atoms with Crippen molar-refractivity contribution < 1.29 is 13.6 Å². The summed E-state index contributed by atoms with van der Waals surface area (Å²) in [6, 6.07) is 10.6. The number of carbonyl (C=O) groups is 1. The van der Waals surface area contributed by atoms with E-state index in [1.807, 2.05) is 24.3 Å². The Morgan fingerprint density at radius 3 is 2.67 bits per heavy atom. The number of halogens is 2. The summed E-state index contributed by atoms with van der Waals surface area (Å²) in [6.45, 7) is 0.567. The molecule has 1 fully saturated rings. The Hall–Kier alpha value is -2.34. The summed E-state index contributed by atoms with van der Waals surface area (Å²) in [5, 5.41) is 0.874. The molecule has 0 saturated carbocycles. The maximum absolute atomic E-state index is 13.4. The molecular formula is C18H14F2N2OS. The Bertz CT molecular complexity index is 871. The van der Waals surface area contributed by atoms with Crippen molar-refractivity contribution in [2.75, 3.05) is 6.54 Å². The highest BCUT2D eigenvalue weighted by Crippen LogP contribution is 2.37. The summed E-state index contributed by atoms with van der Waals surface area (Å²) in [5.41, 5.74) is 0.953. The van der Waals surface area contributed by atoms with Crippen LogP contribution in [0, 0.1) is 11.6 Å². The van der Waals surface area contributed by atoms with Crippen LogP contribution in [0.4, 0.5) is 8.78 Å². The molecule has 3 aromatic rings. The first-order valence-electron chi connectivity index (χ1n) is 7.74. The fourth-order valence-electron chi connectivity index (χ4n) is 3.14. The van der Waals surface area contributed by atoms with Gasteiger partial charge in [0.15, 0.2) is 0 Å². The summed E-state index contributed by atoms with van der Waals surface area (Å²) in [6.07, 6.45) is 1.66. The monoisotopic (exact) mass is 344 g/mol. The van der Waals surface area contributed by atoms with Gasteiger partial charge in [0.25, 0.3) is 5.91 Å². The number of carbonyl (C=O) groups excluding carboxylic acids is 1. The number of rotatable bonds is 2. The predicted molar refractivity (Wildman–Crippen MR) is 89.0 cm³/mol. The number of hydrogen-bond acceptors (Lipinski definition) is 3. The average molecular weight is 344 g/mol. The predicted octanol–water partition coefficient (Wildman–Crippen LogP) is 4.55. The molecule has 1 aliphatic heterocycles. The molecule has 0 N–H and O–H groups in total. The van der Waals surface area contributed by atoms with Crippen LogP contribution >= 0.6 is 11.3 Å². The minimum atomic E-state index is -0.742. The Morgan fingerprint density at radius 1 is 1.17 bits per heavy atom. The first-order chi connectivity index (χ1) is 11.6. The standard InChI is InChI=1S/C18H14F2N2OS/c19-12-8-11(9-13(20)10-12)18(23)22-7-3-5-15(22)17-21-14-4-1-2-6-16(14)24-17/h1-2,4,6,8-10,15H,3,5,7H2. The maximum atomic E-state index is 13.4. The van der Waals surface area contributed by atoms with Crippen molar-refractivity contribution in [3.8, 4) is 0 Å². The lowest BCUT2D eigenvalue weighted by Crippen LogP contribution is -2.30. The van der Waals surface area contributed by atoms with Crippen LogP contribution in [0.15, 0.2) is 42.5 Å². The Labute approximate surface area is 141 Å². The minimum absolute atomic E-state index is 0.0421. The number of nitrogens with zero attached hydrogens (tertiary/aromatic N) is 2. The molecular weight excluding hydrogens is 330 g/mol. The third-order valence-corrected chi connectivity index (χ3v) is 5.36. The van der Waals surface area contributed by atoms with Crippen LogP contribution < -0.4 is 0 Å². The minimum Gasteiger partial charge on any atom is -0.329 e. The molecule has 2 heterocycles. The number of hydrogen-bond donors (Lipinski definition) is 0. The zero-order valence-corrected chi connectivity index (χ0v) is 13.5. The number of fused-ring (bicyclic) bond motifs is 1. The largest absolute Gasteiger partial charge is 0.329 e. The molecule has 3 nitrogen and oxygen atoms in total. The van der Waals surface area contributed by atoms with Gasteiger partial charge in [-0.2, -0.15) is 0 Å². The second-order valence-electron chi connectivity index (χ2n) is 5.83. The highest BCUT2D eigenvalue weighted by Gasteiger charge is 2.33. The number of thiazole rings is 1. The molecule has 4 rings (SSSR count). The van der Waals surface area contributed by atoms with Gasteiger partial charge in [-0.15, -0.1) is 11.3 Å². The molecule has 1 atom stereocenters. The third kappa shape index (κ3) is 2.67. The first-order valence-corrected chi connectivity index (χ1v) is 8.56. The maximum Gasteiger partial charge on any atom is 0.254 e. The van der Waals surface area contributed by atoms with E-state index in [9.17, 15) is 13.6 Å². The van der Waals surface area contributed by atoms with E-state index in [1.54, 1.807) is 16.2 Å². The summed E-state index contributed by atoms with van der Waals surface area (Å²) in [5.74, 6) is -1.83. The van der Waals surface area contributed by atoms with Gasteiger partial charge in [0.1, 0.15) is 16.6 Å². The van der Waals surface area contributed by atoms with Crippen molar-refractivity contribution in [3.05, 3.63) is 64.7 Å². The molecule has 1 saturated heterocycles. The number of benzene rings is 2. The molecule has 122 valence electrons. The Morgan fingerprint density at radius 2 is 1.92 bits per heavy atom. The number of likely N-dealkylation sites (tertiary alicyclic amines) is 1. The van der Waals surface area contributed by atoms with E-state index < -0.39 is 11.6 Å². The molecule has 0 radical (unpaired) electrons. The van der Waals surface area contributed by atoms with E-state index in [0.717, 1.165) is 46.3 Å². The van der Waals surface area contributed by atoms with E-state index >= 15 is 0 Å². The second kappa shape index (κ2) is 5.94. The van der Waals surface area contributed by atoms with E-state index in [0.29, 0.717) is 6.54 Å². The van der Waals surface area contributed by atoms with Gasteiger partial charge in [0, 0.05) is 18.2 Å². The number of aromatic nitrogens is 1. The highest BCUT2D eigenvalue weighted by molar-refractivity contribution is 7.18. The Balaban J connectivity index is 1.68. The van der Waals surface area contributed by atoms with Crippen LogP contribution in [0.1, 0.15) is 34.2 Å². The normalized spacial score (nSPS) is 17.6. The Kier molecular flexibility index (Phi) is 3.76. The zero-order chi connectivity index (χ0) is 16.7. The van der Waals surface area contributed by atoms with Gasteiger partial charge in [-0.3, -0.25) is 4.79 Å². The van der Waals surface area contributed by atoms with E-state index in [2.05, 4.69) is 4.98 Å². The fraction of sp³-hybridized carbons (Fsp3) is 0.222. The van der Waals surface area contributed by atoms with Gasteiger partial charge < -0.3 is 4.90 Å². The molecule has 1 aromatic heterocycles. The topological polar surface area (TPSA) is 33.2 Å². The van der Waals surface area contributed by atoms with Gasteiger partial charge in [-0.25, -0.2) is 13.8 Å². The van der Waals surface area contributed by atoms with Crippen molar-refractivity contribution in [1.29, 1.82) is 0 Å².